The van der Waals surface area contributed by atoms with Crippen molar-refractivity contribution in [3.63, 3.8) is 0 Å². The smallest absolute Gasteiger partial charge is 0.224 e. The Hall–Kier alpha value is -0.730. The van der Waals surface area contributed by atoms with Gasteiger partial charge in [0.15, 0.2) is 0 Å². The van der Waals surface area contributed by atoms with Crippen LogP contribution in [0.4, 0.5) is 4.39 Å². The van der Waals surface area contributed by atoms with Crippen LogP contribution in [0, 0.1) is 11.8 Å². The predicted octanol–water partition coefficient (Wildman–Crippen LogP) is 2.69. The van der Waals surface area contributed by atoms with Crippen molar-refractivity contribution in [2.45, 2.75) is 100 Å². The molecule has 0 aromatic rings. The third-order valence-corrected chi connectivity index (χ3v) is 10.2. The van der Waals surface area contributed by atoms with E-state index in [9.17, 15) is 17.6 Å². The van der Waals surface area contributed by atoms with Crippen LogP contribution in [0.1, 0.15) is 70.6 Å². The van der Waals surface area contributed by atoms with Gasteiger partial charge >= 0.3 is 0 Å². The number of sulfonamides is 1. The van der Waals surface area contributed by atoms with Gasteiger partial charge in [-0.25, -0.2) is 17.5 Å². The highest BCUT2D eigenvalue weighted by molar-refractivity contribution is 7.90. The minimum Gasteiger partial charge on any atom is -0.335 e. The molecular weight excluding hydrogens is 405 g/mol. The maximum Gasteiger partial charge on any atom is 0.224 e. The minimum atomic E-state index is -3.52. The summed E-state index contributed by atoms with van der Waals surface area (Å²) in [7, 11) is 0.687. The largest absolute Gasteiger partial charge is 0.335 e. The van der Waals surface area contributed by atoms with Gasteiger partial charge in [-0.2, -0.15) is 0 Å². The Morgan fingerprint density at radius 1 is 0.967 bits per heavy atom. The number of nitrogens with zero attached hydrogens (tertiary/aromatic N) is 2. The SMILES string of the molecule is CN(C)C1CCCC2C1CCCC2S(=O)(=O)NC1CC(=O)N(C2CCCCC2F)C1. The van der Waals surface area contributed by atoms with E-state index < -0.39 is 22.2 Å². The van der Waals surface area contributed by atoms with Crippen LogP contribution in [0.25, 0.3) is 0 Å². The number of hydrogen-bond donors (Lipinski definition) is 1. The summed E-state index contributed by atoms with van der Waals surface area (Å²) in [5.41, 5.74) is 0. The van der Waals surface area contributed by atoms with Crippen molar-refractivity contribution in [1.29, 1.82) is 0 Å². The molecule has 0 radical (unpaired) electrons. The van der Waals surface area contributed by atoms with E-state index in [0.717, 1.165) is 44.9 Å². The molecule has 4 aliphatic rings. The Balaban J connectivity index is 1.43. The summed E-state index contributed by atoms with van der Waals surface area (Å²) in [6.45, 7) is 0.310. The molecule has 0 spiro atoms. The van der Waals surface area contributed by atoms with E-state index in [2.05, 4.69) is 23.7 Å². The number of amides is 1. The summed E-state index contributed by atoms with van der Waals surface area (Å²) in [6.07, 6.45) is 8.11. The first-order valence-electron chi connectivity index (χ1n) is 11.9. The lowest BCUT2D eigenvalue weighted by atomic mass is 9.68. The summed E-state index contributed by atoms with van der Waals surface area (Å²) >= 11 is 0. The van der Waals surface area contributed by atoms with Gasteiger partial charge in [-0.1, -0.05) is 25.7 Å². The number of rotatable bonds is 5. The summed E-state index contributed by atoms with van der Waals surface area (Å²) in [5, 5.41) is -0.369. The number of carbonyl (C=O) groups excluding carboxylic acids is 1. The van der Waals surface area contributed by atoms with Crippen molar-refractivity contribution in [1.82, 2.24) is 14.5 Å². The van der Waals surface area contributed by atoms with E-state index in [1.165, 1.54) is 0 Å². The number of hydrogen-bond acceptors (Lipinski definition) is 4. The molecule has 1 heterocycles. The van der Waals surface area contributed by atoms with Crippen LogP contribution in [0.2, 0.25) is 0 Å². The average Bonchev–Trinajstić information content (AvgIpc) is 3.06. The quantitative estimate of drug-likeness (QED) is 0.709. The topological polar surface area (TPSA) is 69.7 Å². The molecule has 4 fully saturated rings. The normalized spacial score (nSPS) is 40.6. The zero-order valence-electron chi connectivity index (χ0n) is 18.4. The monoisotopic (exact) mass is 443 g/mol. The molecule has 0 bridgehead atoms. The van der Waals surface area contributed by atoms with Crippen LogP contribution in [0.15, 0.2) is 0 Å². The molecule has 6 nitrogen and oxygen atoms in total. The number of nitrogens with one attached hydrogen (secondary N) is 1. The molecule has 7 atom stereocenters. The summed E-state index contributed by atoms with van der Waals surface area (Å²) < 4.78 is 44.1. The third-order valence-electron chi connectivity index (χ3n) is 8.18. The molecule has 3 saturated carbocycles. The molecule has 30 heavy (non-hydrogen) atoms. The standard InChI is InChI=1S/C22H38FN3O3S/c1-25(2)19-11-5-8-17-16(19)7-6-12-21(17)30(28,29)24-15-13-22(27)26(14-15)20-10-4-3-9-18(20)23/h15-21,24H,3-14H2,1-2H3. The Bertz CT molecular complexity index is 731. The molecular formula is C22H38FN3O3S. The van der Waals surface area contributed by atoms with Gasteiger partial charge in [0, 0.05) is 25.0 Å². The van der Waals surface area contributed by atoms with E-state index >= 15 is 0 Å². The molecule has 1 saturated heterocycles. The van der Waals surface area contributed by atoms with Crippen molar-refractivity contribution < 1.29 is 17.6 Å². The fourth-order valence-electron chi connectivity index (χ4n) is 6.81. The Morgan fingerprint density at radius 2 is 1.67 bits per heavy atom. The number of likely N-dealkylation sites (tertiary alicyclic amines) is 1. The Morgan fingerprint density at radius 3 is 2.40 bits per heavy atom. The zero-order chi connectivity index (χ0) is 21.5. The molecule has 0 aromatic heterocycles. The van der Waals surface area contributed by atoms with Crippen molar-refractivity contribution >= 4 is 15.9 Å². The van der Waals surface area contributed by atoms with Gasteiger partial charge < -0.3 is 9.80 Å². The van der Waals surface area contributed by atoms with Gasteiger partial charge in [-0.15, -0.1) is 0 Å². The first-order valence-corrected chi connectivity index (χ1v) is 13.4. The highest BCUT2D eigenvalue weighted by Crippen LogP contribution is 2.44. The highest BCUT2D eigenvalue weighted by atomic mass is 32.2. The van der Waals surface area contributed by atoms with Gasteiger partial charge in [0.1, 0.15) is 6.17 Å². The molecule has 1 aliphatic heterocycles. The number of halogens is 1. The van der Waals surface area contributed by atoms with Crippen LogP contribution in [0.3, 0.4) is 0 Å². The molecule has 3 aliphatic carbocycles. The van der Waals surface area contributed by atoms with Crippen LogP contribution in [0.5, 0.6) is 0 Å². The van der Waals surface area contributed by atoms with Gasteiger partial charge in [0.05, 0.1) is 11.3 Å². The molecule has 8 heteroatoms. The van der Waals surface area contributed by atoms with Crippen molar-refractivity contribution in [2.75, 3.05) is 20.6 Å². The second-order valence-corrected chi connectivity index (χ2v) is 12.2. The van der Waals surface area contributed by atoms with E-state index in [4.69, 9.17) is 0 Å². The third kappa shape index (κ3) is 4.42. The highest BCUT2D eigenvalue weighted by Gasteiger charge is 2.47. The Labute approximate surface area is 181 Å². The summed E-state index contributed by atoms with van der Waals surface area (Å²) in [6, 6.07) is -0.345. The van der Waals surface area contributed by atoms with E-state index in [1.807, 2.05) is 0 Å². The zero-order valence-corrected chi connectivity index (χ0v) is 19.2. The predicted molar refractivity (Wildman–Crippen MR) is 115 cm³/mol. The lowest BCUT2D eigenvalue weighted by Crippen LogP contribution is -2.53. The molecule has 4 rings (SSSR count). The average molecular weight is 444 g/mol. The maximum atomic E-state index is 14.4. The second kappa shape index (κ2) is 9.02. The fourth-order valence-corrected chi connectivity index (χ4v) is 8.88. The number of alkyl halides is 1. The first-order chi connectivity index (χ1) is 14.3. The minimum absolute atomic E-state index is 0.107. The van der Waals surface area contributed by atoms with Gasteiger partial charge in [-0.05, 0) is 64.5 Å². The number of fused-ring (bicyclic) bond motifs is 1. The van der Waals surface area contributed by atoms with Crippen LogP contribution < -0.4 is 4.72 Å². The molecule has 7 unspecified atom stereocenters. The van der Waals surface area contributed by atoms with Crippen LogP contribution in [-0.2, 0) is 14.8 Å². The summed E-state index contributed by atoms with van der Waals surface area (Å²) in [5.74, 6) is 0.517. The molecule has 1 amide bonds. The van der Waals surface area contributed by atoms with Crippen molar-refractivity contribution in [3.8, 4) is 0 Å². The van der Waals surface area contributed by atoms with Crippen molar-refractivity contribution in [2.24, 2.45) is 11.8 Å². The summed E-state index contributed by atoms with van der Waals surface area (Å²) in [4.78, 5) is 16.4. The molecule has 172 valence electrons. The van der Waals surface area contributed by atoms with E-state index in [0.29, 0.717) is 37.8 Å². The van der Waals surface area contributed by atoms with E-state index in [1.54, 1.807) is 4.90 Å². The van der Waals surface area contributed by atoms with Gasteiger partial charge in [0.25, 0.3) is 0 Å². The van der Waals surface area contributed by atoms with Gasteiger partial charge in [0.2, 0.25) is 15.9 Å². The number of carbonyl (C=O) groups is 1. The lowest BCUT2D eigenvalue weighted by Gasteiger charge is -2.47. The van der Waals surface area contributed by atoms with Gasteiger partial charge in [-0.3, -0.25) is 4.79 Å². The van der Waals surface area contributed by atoms with Crippen molar-refractivity contribution in [3.05, 3.63) is 0 Å². The maximum absolute atomic E-state index is 14.4. The second-order valence-electron chi connectivity index (χ2n) is 10.2. The Kier molecular flexibility index (Phi) is 6.76. The first kappa shape index (κ1) is 22.5. The van der Waals surface area contributed by atoms with E-state index in [-0.39, 0.29) is 29.5 Å². The lowest BCUT2D eigenvalue weighted by molar-refractivity contribution is -0.131. The van der Waals surface area contributed by atoms with Crippen LogP contribution in [-0.4, -0.2) is 74.3 Å². The fraction of sp³-hybridized carbons (Fsp3) is 0.955. The molecule has 1 N–H and O–H groups in total. The van der Waals surface area contributed by atoms with Crippen LogP contribution >= 0.6 is 0 Å². The molecule has 0 aromatic carbocycles.